The molecule has 0 aliphatic carbocycles. The van der Waals surface area contributed by atoms with Crippen LogP contribution in [-0.2, 0) is 14.9 Å². The number of benzene rings is 1. The molecule has 17 heavy (non-hydrogen) atoms. The van der Waals surface area contributed by atoms with Crippen molar-refractivity contribution in [3.05, 3.63) is 24.0 Å². The van der Waals surface area contributed by atoms with E-state index in [0.29, 0.717) is 0 Å². The van der Waals surface area contributed by atoms with Gasteiger partial charge in [0.2, 0.25) is 0 Å². The van der Waals surface area contributed by atoms with Gasteiger partial charge < -0.3 is 10.5 Å². The molecule has 0 bridgehead atoms. The number of rotatable bonds is 6. The number of methoxy groups -OCH3 is 1. The normalized spacial score (nSPS) is 11.4. The van der Waals surface area contributed by atoms with Crippen LogP contribution in [0.2, 0.25) is 0 Å². The quantitative estimate of drug-likeness (QED) is 0.508. The van der Waals surface area contributed by atoms with E-state index in [9.17, 15) is 12.8 Å². The van der Waals surface area contributed by atoms with E-state index in [-0.39, 0.29) is 24.5 Å². The second-order valence-corrected chi connectivity index (χ2v) is 4.77. The summed E-state index contributed by atoms with van der Waals surface area (Å²) in [4.78, 5) is 0. The highest BCUT2D eigenvalue weighted by Gasteiger charge is 2.09. The first-order chi connectivity index (χ1) is 7.93. The van der Waals surface area contributed by atoms with E-state index in [0.717, 1.165) is 12.1 Å². The minimum Gasteiger partial charge on any atom is -0.399 e. The highest BCUT2D eigenvalue weighted by Crippen LogP contribution is 2.16. The third kappa shape index (κ3) is 4.98. The molecule has 0 fully saturated rings. The molecule has 1 rings (SSSR count). The van der Waals surface area contributed by atoms with Crippen LogP contribution < -0.4 is 15.2 Å². The number of anilines is 2. The van der Waals surface area contributed by atoms with Crippen LogP contribution in [0.5, 0.6) is 0 Å². The third-order valence-corrected chi connectivity index (χ3v) is 2.86. The molecule has 8 heteroatoms. The first-order valence-electron chi connectivity index (χ1n) is 4.75. The van der Waals surface area contributed by atoms with Gasteiger partial charge in [-0.1, -0.05) is 0 Å². The Kier molecular flexibility index (Phi) is 4.67. The summed E-state index contributed by atoms with van der Waals surface area (Å²) in [6, 6.07) is 3.45. The molecule has 0 atom stereocenters. The van der Waals surface area contributed by atoms with Crippen LogP contribution in [0.15, 0.2) is 18.2 Å². The molecule has 96 valence electrons. The maximum atomic E-state index is 13.0. The Hall–Kier alpha value is -1.38. The Morgan fingerprint density at radius 2 is 2.12 bits per heavy atom. The zero-order chi connectivity index (χ0) is 12.9. The molecule has 0 radical (unpaired) electrons. The molecular weight excluding hydrogens is 249 g/mol. The molecule has 1 aromatic rings. The highest BCUT2D eigenvalue weighted by atomic mass is 32.2. The topological polar surface area (TPSA) is 93.4 Å². The van der Waals surface area contributed by atoms with Crippen molar-refractivity contribution in [3.8, 4) is 0 Å². The maximum absolute atomic E-state index is 13.0. The third-order valence-electron chi connectivity index (χ3n) is 1.77. The summed E-state index contributed by atoms with van der Waals surface area (Å²) >= 11 is 0. The lowest BCUT2D eigenvalue weighted by Crippen LogP contribution is -2.32. The van der Waals surface area contributed by atoms with Gasteiger partial charge in [0.1, 0.15) is 5.82 Å². The summed E-state index contributed by atoms with van der Waals surface area (Å²) < 4.78 is 44.9. The minimum atomic E-state index is -3.74. The Morgan fingerprint density at radius 1 is 1.41 bits per heavy atom. The molecule has 1 aromatic carbocycles. The van der Waals surface area contributed by atoms with Crippen molar-refractivity contribution in [1.82, 2.24) is 4.72 Å². The molecule has 4 N–H and O–H groups in total. The zero-order valence-corrected chi connectivity index (χ0v) is 10.1. The van der Waals surface area contributed by atoms with Crippen molar-refractivity contribution in [2.45, 2.75) is 0 Å². The lowest BCUT2D eigenvalue weighted by atomic mass is 10.3. The van der Waals surface area contributed by atoms with E-state index in [2.05, 4.69) is 9.44 Å². The number of hydrogen-bond donors (Lipinski definition) is 3. The molecular formula is C9H14FN3O3S. The minimum absolute atomic E-state index is 0.0624. The van der Waals surface area contributed by atoms with Gasteiger partial charge in [0.15, 0.2) is 0 Å². The average Bonchev–Trinajstić information content (AvgIpc) is 2.14. The van der Waals surface area contributed by atoms with Gasteiger partial charge >= 0.3 is 0 Å². The van der Waals surface area contributed by atoms with Crippen LogP contribution in [0.25, 0.3) is 0 Å². The average molecular weight is 263 g/mol. The maximum Gasteiger partial charge on any atom is 0.299 e. The van der Waals surface area contributed by atoms with E-state index in [4.69, 9.17) is 10.5 Å². The van der Waals surface area contributed by atoms with E-state index in [1.54, 1.807) is 0 Å². The van der Waals surface area contributed by atoms with Crippen molar-refractivity contribution >= 4 is 21.6 Å². The molecule has 0 aliphatic heterocycles. The predicted molar refractivity (Wildman–Crippen MR) is 63.2 cm³/mol. The van der Waals surface area contributed by atoms with E-state index < -0.39 is 16.0 Å². The van der Waals surface area contributed by atoms with Crippen molar-refractivity contribution in [3.63, 3.8) is 0 Å². The van der Waals surface area contributed by atoms with Gasteiger partial charge in [-0.3, -0.25) is 4.72 Å². The molecule has 0 amide bonds. The molecule has 0 heterocycles. The largest absolute Gasteiger partial charge is 0.399 e. The summed E-state index contributed by atoms with van der Waals surface area (Å²) in [6.45, 7) is 0.364. The van der Waals surface area contributed by atoms with E-state index in [1.165, 1.54) is 13.2 Å². The fourth-order valence-corrected chi connectivity index (χ4v) is 1.99. The number of nitrogens with one attached hydrogen (secondary N) is 2. The fraction of sp³-hybridized carbons (Fsp3) is 0.333. The van der Waals surface area contributed by atoms with Crippen molar-refractivity contribution in [1.29, 1.82) is 0 Å². The van der Waals surface area contributed by atoms with Gasteiger partial charge in [-0.15, -0.1) is 0 Å². The molecule has 0 unspecified atom stereocenters. The summed E-state index contributed by atoms with van der Waals surface area (Å²) in [5.41, 5.74) is 5.59. The fourth-order valence-electron chi connectivity index (χ4n) is 1.14. The van der Waals surface area contributed by atoms with Crippen molar-refractivity contribution in [2.75, 3.05) is 30.7 Å². The molecule has 0 saturated heterocycles. The van der Waals surface area contributed by atoms with Crippen LogP contribution in [0.4, 0.5) is 15.8 Å². The number of hydrogen-bond acceptors (Lipinski definition) is 4. The smallest absolute Gasteiger partial charge is 0.299 e. The van der Waals surface area contributed by atoms with Gasteiger partial charge in [0, 0.05) is 19.3 Å². The summed E-state index contributed by atoms with van der Waals surface area (Å²) in [5.74, 6) is -0.611. The Balaban J connectivity index is 2.69. The Morgan fingerprint density at radius 3 is 2.71 bits per heavy atom. The number of halogens is 1. The highest BCUT2D eigenvalue weighted by molar-refractivity contribution is 7.90. The molecule has 0 saturated carbocycles. The first kappa shape index (κ1) is 13.7. The number of nitrogen functional groups attached to an aromatic ring is 1. The van der Waals surface area contributed by atoms with Gasteiger partial charge in [-0.2, -0.15) is 13.1 Å². The summed E-state index contributed by atoms with van der Waals surface area (Å²) in [6.07, 6.45) is 0. The second-order valence-electron chi connectivity index (χ2n) is 3.27. The lowest BCUT2D eigenvalue weighted by molar-refractivity contribution is 0.204. The molecule has 0 aliphatic rings. The van der Waals surface area contributed by atoms with Crippen LogP contribution in [0.3, 0.4) is 0 Å². The van der Waals surface area contributed by atoms with Crippen molar-refractivity contribution < 1.29 is 17.5 Å². The van der Waals surface area contributed by atoms with Crippen molar-refractivity contribution in [2.24, 2.45) is 0 Å². The summed E-state index contributed by atoms with van der Waals surface area (Å²) in [5, 5.41) is 0. The van der Waals surface area contributed by atoms with Crippen LogP contribution in [0, 0.1) is 5.82 Å². The predicted octanol–water partition coefficient (Wildman–Crippen LogP) is 0.301. The Labute approximate surface area is 99.1 Å². The van der Waals surface area contributed by atoms with E-state index >= 15 is 0 Å². The van der Waals surface area contributed by atoms with Gasteiger partial charge in [-0.05, 0) is 18.2 Å². The number of ether oxygens (including phenoxy) is 1. The lowest BCUT2D eigenvalue weighted by Gasteiger charge is -2.09. The van der Waals surface area contributed by atoms with Gasteiger partial charge in [0.05, 0.1) is 12.3 Å². The molecule has 6 nitrogen and oxygen atoms in total. The first-order valence-corrected chi connectivity index (χ1v) is 6.23. The van der Waals surface area contributed by atoms with Crippen LogP contribution >= 0.6 is 0 Å². The van der Waals surface area contributed by atoms with E-state index in [1.807, 2.05) is 0 Å². The zero-order valence-electron chi connectivity index (χ0n) is 9.23. The Bertz CT molecular complexity index is 458. The van der Waals surface area contributed by atoms with Gasteiger partial charge in [0.25, 0.3) is 10.2 Å². The summed E-state index contributed by atoms with van der Waals surface area (Å²) in [7, 11) is -2.29. The van der Waals surface area contributed by atoms with Crippen LogP contribution in [0.1, 0.15) is 0 Å². The van der Waals surface area contributed by atoms with Crippen LogP contribution in [-0.4, -0.2) is 28.7 Å². The molecule has 0 spiro atoms. The second kappa shape index (κ2) is 5.80. The molecule has 0 aromatic heterocycles. The monoisotopic (exact) mass is 263 g/mol. The standard InChI is InChI=1S/C9H14FN3O3S/c1-16-3-2-12-17(14,15)13-9-5-7(10)4-8(11)6-9/h4-6,12-13H,2-3,11H2,1H3. The van der Waals surface area contributed by atoms with Gasteiger partial charge in [-0.25, -0.2) is 4.39 Å². The SMILES string of the molecule is COCCNS(=O)(=O)Nc1cc(N)cc(F)c1. The number of nitrogens with two attached hydrogens (primary N) is 1.